The van der Waals surface area contributed by atoms with E-state index < -0.39 is 0 Å². The molecule has 96 valence electrons. The van der Waals surface area contributed by atoms with Gasteiger partial charge in [0.2, 0.25) is 0 Å². The van der Waals surface area contributed by atoms with Gasteiger partial charge in [0.1, 0.15) is 5.75 Å². The molecule has 0 saturated carbocycles. The summed E-state index contributed by atoms with van der Waals surface area (Å²) in [4.78, 5) is 11.3. The molecule has 1 unspecified atom stereocenters. The Balaban J connectivity index is 2.07. The van der Waals surface area contributed by atoms with Crippen molar-refractivity contribution in [3.63, 3.8) is 0 Å². The Morgan fingerprint density at radius 1 is 1.61 bits per heavy atom. The molecular formula is C14H18N2O2. The standard InChI is InChI=1S/C14H18N2O2/c1-3-4-7-15-10(2)11-5-6-13-12(8-11)16-14(17)9-18-13/h3,5-6,8,10,15H,1,4,7,9H2,2H3,(H,16,17). The van der Waals surface area contributed by atoms with Crippen molar-refractivity contribution in [2.24, 2.45) is 0 Å². The van der Waals surface area contributed by atoms with Gasteiger partial charge in [-0.1, -0.05) is 12.1 Å². The van der Waals surface area contributed by atoms with Crippen LogP contribution in [0.15, 0.2) is 30.9 Å². The molecule has 1 aromatic rings. The fraction of sp³-hybridized carbons (Fsp3) is 0.357. The number of ether oxygens (including phenoxy) is 1. The van der Waals surface area contributed by atoms with Gasteiger partial charge in [-0.2, -0.15) is 0 Å². The van der Waals surface area contributed by atoms with E-state index >= 15 is 0 Å². The number of carbonyl (C=O) groups is 1. The van der Waals surface area contributed by atoms with Gasteiger partial charge in [-0.25, -0.2) is 0 Å². The molecule has 1 atom stereocenters. The third-order valence-corrected chi connectivity index (χ3v) is 2.94. The first-order valence-corrected chi connectivity index (χ1v) is 6.11. The van der Waals surface area contributed by atoms with Gasteiger partial charge in [-0.05, 0) is 37.6 Å². The number of rotatable bonds is 5. The van der Waals surface area contributed by atoms with Crippen molar-refractivity contribution in [1.82, 2.24) is 5.32 Å². The SMILES string of the molecule is C=CCCNC(C)c1ccc2c(c1)NC(=O)CO2. The third kappa shape index (κ3) is 2.90. The molecule has 18 heavy (non-hydrogen) atoms. The van der Waals surface area contributed by atoms with Crippen LogP contribution in [0.25, 0.3) is 0 Å². The molecule has 0 aliphatic carbocycles. The lowest BCUT2D eigenvalue weighted by atomic mass is 10.1. The first-order valence-electron chi connectivity index (χ1n) is 6.11. The molecule has 1 aliphatic rings. The highest BCUT2D eigenvalue weighted by atomic mass is 16.5. The van der Waals surface area contributed by atoms with Gasteiger partial charge in [0.25, 0.3) is 5.91 Å². The number of fused-ring (bicyclic) bond motifs is 1. The lowest BCUT2D eigenvalue weighted by Crippen LogP contribution is -2.26. The molecule has 0 radical (unpaired) electrons. The van der Waals surface area contributed by atoms with Crippen LogP contribution >= 0.6 is 0 Å². The quantitative estimate of drug-likeness (QED) is 0.619. The van der Waals surface area contributed by atoms with Crippen LogP contribution in [0.2, 0.25) is 0 Å². The zero-order chi connectivity index (χ0) is 13.0. The highest BCUT2D eigenvalue weighted by molar-refractivity contribution is 5.95. The summed E-state index contributed by atoms with van der Waals surface area (Å²) >= 11 is 0. The molecule has 1 heterocycles. The summed E-state index contributed by atoms with van der Waals surface area (Å²) in [7, 11) is 0. The maximum Gasteiger partial charge on any atom is 0.262 e. The lowest BCUT2D eigenvalue weighted by Gasteiger charge is -2.20. The highest BCUT2D eigenvalue weighted by Crippen LogP contribution is 2.30. The van der Waals surface area contributed by atoms with E-state index in [1.165, 1.54) is 0 Å². The second-order valence-corrected chi connectivity index (χ2v) is 4.35. The fourth-order valence-electron chi connectivity index (χ4n) is 1.89. The van der Waals surface area contributed by atoms with Gasteiger partial charge in [0.15, 0.2) is 6.61 Å². The first-order chi connectivity index (χ1) is 8.70. The summed E-state index contributed by atoms with van der Waals surface area (Å²) in [5.41, 5.74) is 1.88. The molecule has 0 bridgehead atoms. The van der Waals surface area contributed by atoms with Crippen LogP contribution in [0.3, 0.4) is 0 Å². The maximum atomic E-state index is 11.3. The molecular weight excluding hydrogens is 228 g/mol. The van der Waals surface area contributed by atoms with Crippen molar-refractivity contribution in [1.29, 1.82) is 0 Å². The number of amides is 1. The van der Waals surface area contributed by atoms with Crippen LogP contribution in [0.5, 0.6) is 5.75 Å². The van der Waals surface area contributed by atoms with Crippen molar-refractivity contribution in [3.05, 3.63) is 36.4 Å². The Hall–Kier alpha value is -1.81. The van der Waals surface area contributed by atoms with Gasteiger partial charge in [-0.15, -0.1) is 6.58 Å². The maximum absolute atomic E-state index is 11.3. The summed E-state index contributed by atoms with van der Waals surface area (Å²) in [6.07, 6.45) is 2.83. The summed E-state index contributed by atoms with van der Waals surface area (Å²) in [5.74, 6) is 0.628. The minimum absolute atomic E-state index is 0.0967. The summed E-state index contributed by atoms with van der Waals surface area (Å²) in [6, 6.07) is 6.10. The predicted octanol–water partition coefficient (Wildman–Crippen LogP) is 2.24. The number of hydrogen-bond acceptors (Lipinski definition) is 3. The second kappa shape index (κ2) is 5.69. The third-order valence-electron chi connectivity index (χ3n) is 2.94. The summed E-state index contributed by atoms with van der Waals surface area (Å²) in [5, 5.41) is 6.21. The van der Waals surface area contributed by atoms with Crippen molar-refractivity contribution in [3.8, 4) is 5.75 Å². The highest BCUT2D eigenvalue weighted by Gasteiger charge is 2.17. The van der Waals surface area contributed by atoms with E-state index in [4.69, 9.17) is 4.74 Å². The molecule has 1 aromatic carbocycles. The van der Waals surface area contributed by atoms with Gasteiger partial charge in [-0.3, -0.25) is 4.79 Å². The molecule has 0 saturated heterocycles. The van der Waals surface area contributed by atoms with Crippen LogP contribution in [0, 0.1) is 0 Å². The predicted molar refractivity (Wildman–Crippen MR) is 71.8 cm³/mol. The molecule has 0 spiro atoms. The monoisotopic (exact) mass is 246 g/mol. The zero-order valence-electron chi connectivity index (χ0n) is 10.5. The van der Waals surface area contributed by atoms with Crippen molar-refractivity contribution >= 4 is 11.6 Å². The van der Waals surface area contributed by atoms with Crippen LogP contribution in [0.1, 0.15) is 24.9 Å². The van der Waals surface area contributed by atoms with E-state index in [1.807, 2.05) is 24.3 Å². The van der Waals surface area contributed by atoms with Crippen LogP contribution < -0.4 is 15.4 Å². The average Bonchev–Trinajstić information content (AvgIpc) is 2.38. The summed E-state index contributed by atoms with van der Waals surface area (Å²) < 4.78 is 5.32. The molecule has 2 N–H and O–H groups in total. The van der Waals surface area contributed by atoms with Crippen molar-refractivity contribution in [2.75, 3.05) is 18.5 Å². The molecule has 2 rings (SSSR count). The second-order valence-electron chi connectivity index (χ2n) is 4.35. The molecule has 1 aliphatic heterocycles. The number of nitrogens with one attached hydrogen (secondary N) is 2. The smallest absolute Gasteiger partial charge is 0.262 e. The van der Waals surface area contributed by atoms with Crippen molar-refractivity contribution < 1.29 is 9.53 Å². The van der Waals surface area contributed by atoms with E-state index in [0.29, 0.717) is 0 Å². The Morgan fingerprint density at radius 3 is 3.22 bits per heavy atom. The Kier molecular flexibility index (Phi) is 3.99. The Bertz CT molecular complexity index is 457. The minimum Gasteiger partial charge on any atom is -0.482 e. The van der Waals surface area contributed by atoms with Crippen LogP contribution in [-0.2, 0) is 4.79 Å². The fourth-order valence-corrected chi connectivity index (χ4v) is 1.89. The van der Waals surface area contributed by atoms with E-state index in [9.17, 15) is 4.79 Å². The summed E-state index contributed by atoms with van der Waals surface area (Å²) in [6.45, 7) is 6.78. The minimum atomic E-state index is -0.105. The molecule has 0 aromatic heterocycles. The lowest BCUT2D eigenvalue weighted by molar-refractivity contribution is -0.118. The number of benzene rings is 1. The van der Waals surface area contributed by atoms with E-state index in [-0.39, 0.29) is 18.6 Å². The molecule has 4 nitrogen and oxygen atoms in total. The van der Waals surface area contributed by atoms with Gasteiger partial charge in [0, 0.05) is 6.04 Å². The topological polar surface area (TPSA) is 50.4 Å². The van der Waals surface area contributed by atoms with Gasteiger partial charge >= 0.3 is 0 Å². The van der Waals surface area contributed by atoms with E-state index in [1.54, 1.807) is 0 Å². The Morgan fingerprint density at radius 2 is 2.44 bits per heavy atom. The normalized spacial score (nSPS) is 15.3. The largest absolute Gasteiger partial charge is 0.482 e. The van der Waals surface area contributed by atoms with Crippen LogP contribution in [-0.4, -0.2) is 19.1 Å². The number of hydrogen-bond donors (Lipinski definition) is 2. The Labute approximate surface area is 107 Å². The number of carbonyl (C=O) groups excluding carboxylic acids is 1. The van der Waals surface area contributed by atoms with E-state index in [0.717, 1.165) is 30.0 Å². The molecule has 4 heteroatoms. The first kappa shape index (κ1) is 12.6. The average molecular weight is 246 g/mol. The molecule has 1 amide bonds. The number of anilines is 1. The van der Waals surface area contributed by atoms with E-state index in [2.05, 4.69) is 24.1 Å². The zero-order valence-corrected chi connectivity index (χ0v) is 10.5. The van der Waals surface area contributed by atoms with Gasteiger partial charge < -0.3 is 15.4 Å². The van der Waals surface area contributed by atoms with Gasteiger partial charge in [0.05, 0.1) is 5.69 Å². The van der Waals surface area contributed by atoms with Crippen LogP contribution in [0.4, 0.5) is 5.69 Å². The van der Waals surface area contributed by atoms with Crippen molar-refractivity contribution in [2.45, 2.75) is 19.4 Å². The molecule has 0 fully saturated rings.